The van der Waals surface area contributed by atoms with E-state index in [1.807, 2.05) is 12.2 Å². The summed E-state index contributed by atoms with van der Waals surface area (Å²) in [5, 5.41) is 9.30. The van der Waals surface area contributed by atoms with Gasteiger partial charge in [0.1, 0.15) is 0 Å². The van der Waals surface area contributed by atoms with E-state index in [9.17, 15) is 0 Å². The monoisotopic (exact) mass is 183 g/mol. The summed E-state index contributed by atoms with van der Waals surface area (Å²) in [6, 6.07) is 2.12. The van der Waals surface area contributed by atoms with E-state index in [0.29, 0.717) is 0 Å². The second-order valence-electron chi connectivity index (χ2n) is 1.94. The van der Waals surface area contributed by atoms with Crippen LogP contribution in [0.1, 0.15) is 6.42 Å². The molecule has 1 rings (SSSR count). The summed E-state index contributed by atoms with van der Waals surface area (Å²) >= 11 is 3.32. The van der Waals surface area contributed by atoms with E-state index in [4.69, 9.17) is 5.26 Å². The largest absolute Gasteiger partial charge is 0.193 e. The van der Waals surface area contributed by atoms with Gasteiger partial charge in [-0.3, -0.25) is 0 Å². The number of hydrogen-bond acceptors (Lipinski definition) is 1. The Hall–Kier alpha value is -0.550. The molecule has 0 atom stereocenters. The molecule has 0 aromatic heterocycles. The van der Waals surface area contributed by atoms with Gasteiger partial charge < -0.3 is 0 Å². The number of hydrogen-bond donors (Lipinski definition) is 0. The van der Waals surface area contributed by atoms with Crippen molar-refractivity contribution in [2.75, 3.05) is 5.33 Å². The second kappa shape index (κ2) is 2.84. The van der Waals surface area contributed by atoms with Crippen LogP contribution < -0.4 is 0 Å². The van der Waals surface area contributed by atoms with Gasteiger partial charge in [0.15, 0.2) is 0 Å². The van der Waals surface area contributed by atoms with E-state index in [1.165, 1.54) is 5.57 Å². The highest BCUT2D eigenvalue weighted by molar-refractivity contribution is 9.09. The fourth-order valence-corrected chi connectivity index (χ4v) is 1.13. The molecule has 0 aromatic rings. The number of halogens is 1. The smallest absolute Gasteiger partial charge is 0.0950 e. The molecule has 0 heterocycles. The maximum absolute atomic E-state index is 8.41. The molecule has 9 heavy (non-hydrogen) atoms. The van der Waals surface area contributed by atoms with Crippen LogP contribution in [0.15, 0.2) is 23.3 Å². The van der Waals surface area contributed by atoms with Crippen molar-refractivity contribution in [1.29, 1.82) is 5.26 Å². The topological polar surface area (TPSA) is 23.8 Å². The maximum atomic E-state index is 8.41. The first-order valence-electron chi connectivity index (χ1n) is 2.71. The molecule has 0 unspecified atom stereocenters. The van der Waals surface area contributed by atoms with Gasteiger partial charge in [-0.1, -0.05) is 27.6 Å². The Morgan fingerprint density at radius 3 is 2.78 bits per heavy atom. The van der Waals surface area contributed by atoms with Crippen molar-refractivity contribution in [3.63, 3.8) is 0 Å². The molecular weight excluding hydrogens is 178 g/mol. The maximum Gasteiger partial charge on any atom is 0.0950 e. The Kier molecular flexibility index (Phi) is 2.07. The minimum Gasteiger partial charge on any atom is -0.193 e. The Balaban J connectivity index is 2.55. The van der Waals surface area contributed by atoms with Gasteiger partial charge in [-0.2, -0.15) is 5.26 Å². The third-order valence-corrected chi connectivity index (χ3v) is 1.97. The molecule has 0 saturated carbocycles. The highest BCUT2D eigenvalue weighted by atomic mass is 79.9. The molecule has 2 heteroatoms. The lowest BCUT2D eigenvalue weighted by Crippen LogP contribution is -1.79. The molecule has 1 aliphatic rings. The molecule has 0 aliphatic heterocycles. The molecule has 1 nitrogen and oxygen atoms in total. The van der Waals surface area contributed by atoms with Crippen LogP contribution in [0.5, 0.6) is 0 Å². The Labute approximate surface area is 62.8 Å². The van der Waals surface area contributed by atoms with Crippen LogP contribution in [0.2, 0.25) is 0 Å². The summed E-state index contributed by atoms with van der Waals surface area (Å²) in [5.41, 5.74) is 2.15. The van der Waals surface area contributed by atoms with Crippen molar-refractivity contribution in [1.82, 2.24) is 0 Å². The van der Waals surface area contributed by atoms with Crippen molar-refractivity contribution in [3.05, 3.63) is 23.3 Å². The van der Waals surface area contributed by atoms with Gasteiger partial charge in [0.25, 0.3) is 0 Å². The number of alkyl halides is 1. The highest BCUT2D eigenvalue weighted by Gasteiger charge is 2.04. The molecule has 0 aromatic carbocycles. The van der Waals surface area contributed by atoms with Crippen molar-refractivity contribution in [2.24, 2.45) is 0 Å². The predicted octanol–water partition coefficient (Wildman–Crippen LogP) is 2.16. The van der Waals surface area contributed by atoms with Crippen LogP contribution in [0.3, 0.4) is 0 Å². The first-order chi connectivity index (χ1) is 4.36. The SMILES string of the molecule is N#CC1=CC=C(CBr)C1. The number of rotatable bonds is 1. The van der Waals surface area contributed by atoms with Crippen molar-refractivity contribution in [3.8, 4) is 6.07 Å². The molecule has 0 amide bonds. The molecule has 0 saturated heterocycles. The van der Waals surface area contributed by atoms with E-state index in [0.717, 1.165) is 17.3 Å². The molecule has 0 radical (unpaired) electrons. The standard InChI is InChI=1S/C7H6BrN/c8-4-6-1-2-7(3-6)5-9/h1-2H,3-4H2. The van der Waals surface area contributed by atoms with Crippen molar-refractivity contribution < 1.29 is 0 Å². The third kappa shape index (κ3) is 1.43. The van der Waals surface area contributed by atoms with Crippen LogP contribution in [0.4, 0.5) is 0 Å². The lowest BCUT2D eigenvalue weighted by atomic mass is 10.2. The Morgan fingerprint density at radius 1 is 1.67 bits per heavy atom. The average Bonchev–Trinajstić information content (AvgIpc) is 2.34. The fraction of sp³-hybridized carbons (Fsp3) is 0.286. The zero-order valence-electron chi connectivity index (χ0n) is 4.89. The third-order valence-electron chi connectivity index (χ3n) is 1.25. The number of nitrogens with zero attached hydrogens (tertiary/aromatic N) is 1. The molecule has 46 valence electrons. The van der Waals surface area contributed by atoms with Gasteiger partial charge >= 0.3 is 0 Å². The van der Waals surface area contributed by atoms with Crippen LogP contribution in [-0.2, 0) is 0 Å². The summed E-state index contributed by atoms with van der Waals surface area (Å²) in [6.45, 7) is 0. The first-order valence-corrected chi connectivity index (χ1v) is 3.83. The molecule has 0 N–H and O–H groups in total. The van der Waals surface area contributed by atoms with Crippen LogP contribution >= 0.6 is 15.9 Å². The van der Waals surface area contributed by atoms with Gasteiger partial charge in [-0.05, 0) is 6.08 Å². The molecule has 0 fully saturated rings. The summed E-state index contributed by atoms with van der Waals surface area (Å²) in [7, 11) is 0. The fourth-order valence-electron chi connectivity index (χ4n) is 0.750. The summed E-state index contributed by atoms with van der Waals surface area (Å²) in [6.07, 6.45) is 4.70. The zero-order valence-corrected chi connectivity index (χ0v) is 6.48. The van der Waals surface area contributed by atoms with Crippen LogP contribution in [0, 0.1) is 11.3 Å². The Bertz CT molecular complexity index is 207. The number of allylic oxidation sites excluding steroid dienone is 4. The first kappa shape index (κ1) is 6.57. The van der Waals surface area contributed by atoms with Crippen LogP contribution in [-0.4, -0.2) is 5.33 Å². The Morgan fingerprint density at radius 2 is 2.44 bits per heavy atom. The second-order valence-corrected chi connectivity index (χ2v) is 2.50. The zero-order chi connectivity index (χ0) is 6.69. The van der Waals surface area contributed by atoms with Crippen LogP contribution in [0.25, 0.3) is 0 Å². The van der Waals surface area contributed by atoms with Gasteiger partial charge in [-0.15, -0.1) is 0 Å². The summed E-state index contributed by atoms with van der Waals surface area (Å²) in [4.78, 5) is 0. The van der Waals surface area contributed by atoms with Gasteiger partial charge in [0, 0.05) is 17.3 Å². The summed E-state index contributed by atoms with van der Waals surface area (Å²) < 4.78 is 0. The highest BCUT2D eigenvalue weighted by Crippen LogP contribution is 2.18. The van der Waals surface area contributed by atoms with Gasteiger partial charge in [0.2, 0.25) is 0 Å². The van der Waals surface area contributed by atoms with E-state index in [2.05, 4.69) is 22.0 Å². The quantitative estimate of drug-likeness (QED) is 0.572. The lowest BCUT2D eigenvalue weighted by molar-refractivity contribution is 1.21. The average molecular weight is 184 g/mol. The minimum atomic E-state index is 0.835. The predicted molar refractivity (Wildman–Crippen MR) is 40.2 cm³/mol. The van der Waals surface area contributed by atoms with Crippen molar-refractivity contribution in [2.45, 2.75) is 6.42 Å². The normalized spacial score (nSPS) is 16.4. The van der Waals surface area contributed by atoms with E-state index in [-0.39, 0.29) is 0 Å². The van der Waals surface area contributed by atoms with E-state index < -0.39 is 0 Å². The van der Waals surface area contributed by atoms with Crippen molar-refractivity contribution >= 4 is 15.9 Å². The van der Waals surface area contributed by atoms with Gasteiger partial charge in [0.05, 0.1) is 6.07 Å². The minimum absolute atomic E-state index is 0.835. The van der Waals surface area contributed by atoms with Gasteiger partial charge in [-0.25, -0.2) is 0 Å². The van der Waals surface area contributed by atoms with E-state index >= 15 is 0 Å². The molecular formula is C7H6BrN. The van der Waals surface area contributed by atoms with E-state index in [1.54, 1.807) is 0 Å². The lowest BCUT2D eigenvalue weighted by Gasteiger charge is -1.90. The summed E-state index contributed by atoms with van der Waals surface area (Å²) in [5.74, 6) is 0. The molecule has 0 spiro atoms. The molecule has 1 aliphatic carbocycles. The number of nitriles is 1. The molecule has 0 bridgehead atoms.